The second kappa shape index (κ2) is 8.10. The van der Waals surface area contributed by atoms with E-state index in [0.29, 0.717) is 28.3 Å². The van der Waals surface area contributed by atoms with Gasteiger partial charge in [0.05, 0.1) is 12.7 Å². The normalized spacial score (nSPS) is 14.2. The minimum absolute atomic E-state index is 0.148. The van der Waals surface area contributed by atoms with Crippen LogP contribution in [0.4, 0.5) is 4.39 Å². The maximum Gasteiger partial charge on any atom is 0.340 e. The van der Waals surface area contributed by atoms with Gasteiger partial charge in [-0.05, 0) is 56.2 Å². The number of benzene rings is 2. The lowest BCUT2D eigenvalue weighted by molar-refractivity contribution is 0.0595. The quantitative estimate of drug-likeness (QED) is 0.404. The van der Waals surface area contributed by atoms with Crippen molar-refractivity contribution in [2.24, 2.45) is 5.92 Å². The van der Waals surface area contributed by atoms with Crippen LogP contribution in [0.5, 0.6) is 5.75 Å². The molecule has 0 N–H and O–H groups in total. The molecule has 1 atom stereocenters. The summed E-state index contributed by atoms with van der Waals surface area (Å²) in [6.45, 7) is 1.80. The van der Waals surface area contributed by atoms with E-state index in [2.05, 4.69) is 9.89 Å². The second-order valence-corrected chi connectivity index (χ2v) is 7.22. The molecular formula is C23H20FNO5. The van der Waals surface area contributed by atoms with Crippen molar-refractivity contribution in [3.8, 4) is 17.0 Å². The molecule has 6 nitrogen and oxygen atoms in total. The number of carbonyl (C=O) groups excluding carboxylic acids is 2. The van der Waals surface area contributed by atoms with Crippen molar-refractivity contribution in [1.29, 1.82) is 0 Å². The standard InChI is InChI=1S/C23H20FNO5/c1-13(29-17-8-5-15(6-9-17)22(26)14-3-4-14)21-12-20(25-30-21)16-7-10-18(19(24)11-16)23(27)28-2/h5-14H,3-4H2,1-2H3. The molecule has 0 amide bonds. The highest BCUT2D eigenvalue weighted by Gasteiger charge is 2.30. The Morgan fingerprint density at radius 3 is 2.50 bits per heavy atom. The first-order valence-electron chi connectivity index (χ1n) is 9.62. The van der Waals surface area contributed by atoms with Crippen LogP contribution in [0.15, 0.2) is 53.1 Å². The third kappa shape index (κ3) is 4.10. The van der Waals surface area contributed by atoms with Gasteiger partial charge >= 0.3 is 5.97 Å². The van der Waals surface area contributed by atoms with Crippen LogP contribution in [0.1, 0.15) is 52.3 Å². The van der Waals surface area contributed by atoms with Crippen LogP contribution in [0, 0.1) is 11.7 Å². The molecule has 0 aliphatic heterocycles. The zero-order valence-electron chi connectivity index (χ0n) is 16.6. The van der Waals surface area contributed by atoms with Crippen molar-refractivity contribution in [3.63, 3.8) is 0 Å². The summed E-state index contributed by atoms with van der Waals surface area (Å²) in [6, 6.07) is 12.8. The van der Waals surface area contributed by atoms with Gasteiger partial charge in [-0.2, -0.15) is 0 Å². The summed E-state index contributed by atoms with van der Waals surface area (Å²) < 4.78 is 29.9. The zero-order chi connectivity index (χ0) is 21.3. The first kappa shape index (κ1) is 19.8. The van der Waals surface area contributed by atoms with Crippen molar-refractivity contribution in [2.75, 3.05) is 7.11 Å². The molecule has 0 saturated heterocycles. The van der Waals surface area contributed by atoms with Crippen LogP contribution in [-0.4, -0.2) is 24.0 Å². The number of rotatable bonds is 7. The summed E-state index contributed by atoms with van der Waals surface area (Å²) in [6.07, 6.45) is 1.49. The number of esters is 1. The Hall–Kier alpha value is -3.48. The van der Waals surface area contributed by atoms with E-state index in [9.17, 15) is 14.0 Å². The Morgan fingerprint density at radius 2 is 1.87 bits per heavy atom. The molecule has 1 aliphatic rings. The SMILES string of the molecule is COC(=O)c1ccc(-c2cc(C(C)Oc3ccc(C(=O)C4CC4)cc3)on2)cc1F. The topological polar surface area (TPSA) is 78.6 Å². The minimum Gasteiger partial charge on any atom is -0.483 e. The third-order valence-electron chi connectivity index (χ3n) is 5.00. The van der Waals surface area contributed by atoms with Crippen LogP contribution in [0.2, 0.25) is 0 Å². The second-order valence-electron chi connectivity index (χ2n) is 7.22. The van der Waals surface area contributed by atoms with Gasteiger partial charge in [-0.1, -0.05) is 11.2 Å². The molecule has 1 saturated carbocycles. The van der Waals surface area contributed by atoms with Gasteiger partial charge in [0.1, 0.15) is 17.3 Å². The van der Waals surface area contributed by atoms with E-state index < -0.39 is 17.9 Å². The Labute approximate surface area is 172 Å². The summed E-state index contributed by atoms with van der Waals surface area (Å²) in [5.41, 5.74) is 1.42. The maximum atomic E-state index is 14.2. The number of Topliss-reactive ketones (excluding diaryl/α,β-unsaturated/α-hetero) is 1. The Balaban J connectivity index is 1.45. The number of methoxy groups -OCH3 is 1. The fourth-order valence-corrected chi connectivity index (χ4v) is 3.11. The van der Waals surface area contributed by atoms with Gasteiger partial charge in [-0.3, -0.25) is 4.79 Å². The van der Waals surface area contributed by atoms with E-state index in [-0.39, 0.29) is 17.3 Å². The van der Waals surface area contributed by atoms with Crippen LogP contribution in [-0.2, 0) is 4.74 Å². The number of ketones is 1. The largest absolute Gasteiger partial charge is 0.483 e. The maximum absolute atomic E-state index is 14.2. The number of ether oxygens (including phenoxy) is 2. The number of nitrogens with zero attached hydrogens (tertiary/aromatic N) is 1. The van der Waals surface area contributed by atoms with Gasteiger partial charge in [0.15, 0.2) is 17.6 Å². The van der Waals surface area contributed by atoms with E-state index in [4.69, 9.17) is 9.26 Å². The lowest BCUT2D eigenvalue weighted by atomic mass is 10.1. The summed E-state index contributed by atoms with van der Waals surface area (Å²) in [5, 5.41) is 3.97. The molecule has 3 aromatic rings. The van der Waals surface area contributed by atoms with E-state index in [1.54, 1.807) is 43.3 Å². The first-order valence-corrected chi connectivity index (χ1v) is 9.62. The van der Waals surface area contributed by atoms with Crippen LogP contribution < -0.4 is 4.74 Å². The average Bonchev–Trinajstić information content (AvgIpc) is 3.49. The van der Waals surface area contributed by atoms with Crippen molar-refractivity contribution in [2.45, 2.75) is 25.9 Å². The molecule has 1 aliphatic carbocycles. The molecule has 1 aromatic heterocycles. The fraction of sp³-hybridized carbons (Fsp3) is 0.261. The van der Waals surface area contributed by atoms with Gasteiger partial charge in [-0.25, -0.2) is 9.18 Å². The van der Waals surface area contributed by atoms with Crippen molar-refractivity contribution in [3.05, 3.63) is 71.2 Å². The van der Waals surface area contributed by atoms with Gasteiger partial charge in [0.25, 0.3) is 0 Å². The molecule has 7 heteroatoms. The molecule has 0 bridgehead atoms. The Kier molecular flexibility index (Phi) is 5.35. The molecule has 0 spiro atoms. The van der Waals surface area contributed by atoms with E-state index in [0.717, 1.165) is 12.8 Å². The predicted octanol–water partition coefficient (Wildman–Crippen LogP) is 5.00. The first-order chi connectivity index (χ1) is 14.5. The fourth-order valence-electron chi connectivity index (χ4n) is 3.11. The summed E-state index contributed by atoms with van der Waals surface area (Å²) in [7, 11) is 1.19. The minimum atomic E-state index is -0.744. The molecule has 0 radical (unpaired) electrons. The number of halogens is 1. The van der Waals surface area contributed by atoms with Crippen LogP contribution >= 0.6 is 0 Å². The molecule has 154 valence electrons. The van der Waals surface area contributed by atoms with E-state index in [1.165, 1.54) is 19.2 Å². The molecule has 1 unspecified atom stereocenters. The van der Waals surface area contributed by atoms with E-state index >= 15 is 0 Å². The number of hydrogen-bond donors (Lipinski definition) is 0. The Morgan fingerprint density at radius 1 is 1.13 bits per heavy atom. The molecule has 30 heavy (non-hydrogen) atoms. The van der Waals surface area contributed by atoms with Gasteiger partial charge in [0.2, 0.25) is 0 Å². The molecule has 1 fully saturated rings. The lowest BCUT2D eigenvalue weighted by Crippen LogP contribution is -2.04. The Bertz CT molecular complexity index is 1090. The number of carbonyl (C=O) groups is 2. The van der Waals surface area contributed by atoms with Gasteiger partial charge in [-0.15, -0.1) is 0 Å². The highest BCUT2D eigenvalue weighted by molar-refractivity contribution is 5.99. The number of aromatic nitrogens is 1. The molecule has 2 aromatic carbocycles. The highest BCUT2D eigenvalue weighted by atomic mass is 19.1. The average molecular weight is 409 g/mol. The molecule has 1 heterocycles. The van der Waals surface area contributed by atoms with Crippen LogP contribution in [0.25, 0.3) is 11.3 Å². The van der Waals surface area contributed by atoms with Crippen molar-refractivity contribution < 1.29 is 28.0 Å². The summed E-state index contributed by atoms with van der Waals surface area (Å²) in [5.74, 6) is -0.0302. The van der Waals surface area contributed by atoms with Crippen LogP contribution in [0.3, 0.4) is 0 Å². The van der Waals surface area contributed by atoms with Gasteiger partial charge in [0, 0.05) is 23.1 Å². The molecular weight excluding hydrogens is 389 g/mol. The predicted molar refractivity (Wildman–Crippen MR) is 106 cm³/mol. The third-order valence-corrected chi connectivity index (χ3v) is 5.00. The lowest BCUT2D eigenvalue weighted by Gasteiger charge is -2.11. The number of hydrogen-bond acceptors (Lipinski definition) is 6. The van der Waals surface area contributed by atoms with Crippen molar-refractivity contribution >= 4 is 11.8 Å². The van der Waals surface area contributed by atoms with E-state index in [1.807, 2.05) is 0 Å². The highest BCUT2D eigenvalue weighted by Crippen LogP contribution is 2.33. The summed E-state index contributed by atoms with van der Waals surface area (Å²) >= 11 is 0. The van der Waals surface area contributed by atoms with Gasteiger partial charge < -0.3 is 14.0 Å². The van der Waals surface area contributed by atoms with Crippen molar-refractivity contribution in [1.82, 2.24) is 5.16 Å². The monoisotopic (exact) mass is 409 g/mol. The zero-order valence-corrected chi connectivity index (χ0v) is 16.6. The summed E-state index contributed by atoms with van der Waals surface area (Å²) in [4.78, 5) is 23.6. The molecule has 4 rings (SSSR count). The smallest absolute Gasteiger partial charge is 0.340 e.